The van der Waals surface area contributed by atoms with E-state index < -0.39 is 17.4 Å². The summed E-state index contributed by atoms with van der Waals surface area (Å²) in [6.07, 6.45) is 1.45. The molecule has 0 amide bonds. The Morgan fingerprint density at radius 1 is 1.03 bits per heavy atom. The molecule has 0 radical (unpaired) electrons. The van der Waals surface area contributed by atoms with Crippen molar-refractivity contribution in [3.8, 4) is 11.5 Å². The Balaban J connectivity index is 0.00000107. The van der Waals surface area contributed by atoms with Gasteiger partial charge in [-0.2, -0.15) is 13.4 Å². The molecule has 0 atom stereocenters. The highest BCUT2D eigenvalue weighted by atomic mass is 35.5. The molecule has 0 bridgehead atoms. The molecule has 164 valence electrons. The molecule has 1 heterocycles. The first-order valence-electron chi connectivity index (χ1n) is 8.64. The number of aromatic nitrogens is 2. The van der Waals surface area contributed by atoms with Gasteiger partial charge in [0, 0.05) is 13.1 Å². The van der Waals surface area contributed by atoms with E-state index in [9.17, 15) is 4.39 Å². The fourth-order valence-corrected chi connectivity index (χ4v) is 2.68. The second-order valence-corrected chi connectivity index (χ2v) is 6.23. The molecule has 3 aromatic rings. The lowest BCUT2D eigenvalue weighted by molar-refractivity contribution is 0.388. The molecule has 9 nitrogen and oxygen atoms in total. The van der Waals surface area contributed by atoms with Crippen molar-refractivity contribution in [1.29, 1.82) is 0 Å². The second-order valence-electron chi connectivity index (χ2n) is 5.69. The maximum atomic E-state index is 13.9. The van der Waals surface area contributed by atoms with Gasteiger partial charge in [-0.3, -0.25) is 0 Å². The second kappa shape index (κ2) is 11.7. The van der Waals surface area contributed by atoms with E-state index >= 15 is 0 Å². The van der Waals surface area contributed by atoms with E-state index in [1.807, 2.05) is 18.2 Å². The highest BCUT2D eigenvalue weighted by molar-refractivity contribution is 7.51. The van der Waals surface area contributed by atoms with Gasteiger partial charge >= 0.3 is 11.6 Å². The van der Waals surface area contributed by atoms with E-state index in [-0.39, 0.29) is 11.7 Å². The van der Waals surface area contributed by atoms with Crippen molar-refractivity contribution in [2.45, 2.75) is 0 Å². The highest BCUT2D eigenvalue weighted by Crippen LogP contribution is 2.33. The molecule has 0 fully saturated rings. The SMILES string of the molecule is CNc1cc(OC)ccc1Nc1nc(Nc2cccc(F)c2OC)ncc1Cl.O=S=O. The van der Waals surface area contributed by atoms with Crippen molar-refractivity contribution in [2.24, 2.45) is 0 Å². The largest absolute Gasteiger partial charge is 0.497 e. The van der Waals surface area contributed by atoms with E-state index in [1.54, 1.807) is 26.3 Å². The van der Waals surface area contributed by atoms with Crippen molar-refractivity contribution in [2.75, 3.05) is 37.2 Å². The van der Waals surface area contributed by atoms with Crippen molar-refractivity contribution < 1.29 is 22.3 Å². The zero-order valence-corrected chi connectivity index (χ0v) is 18.3. The third kappa shape index (κ3) is 6.27. The summed E-state index contributed by atoms with van der Waals surface area (Å²) in [5, 5.41) is 9.52. The summed E-state index contributed by atoms with van der Waals surface area (Å²) in [6.45, 7) is 0. The minimum atomic E-state index is -0.750. The van der Waals surface area contributed by atoms with Crippen LogP contribution in [0.4, 0.5) is 33.2 Å². The van der Waals surface area contributed by atoms with Gasteiger partial charge in [-0.15, -0.1) is 0 Å². The van der Waals surface area contributed by atoms with Gasteiger partial charge in [0.15, 0.2) is 17.4 Å². The van der Waals surface area contributed by atoms with Crippen LogP contribution in [-0.2, 0) is 11.6 Å². The van der Waals surface area contributed by atoms with Crippen LogP contribution in [0.5, 0.6) is 11.5 Å². The summed E-state index contributed by atoms with van der Waals surface area (Å²) in [5.41, 5.74) is 1.95. The first kappa shape index (κ1) is 23.8. The minimum absolute atomic E-state index is 0.0724. The lowest BCUT2D eigenvalue weighted by atomic mass is 10.2. The Morgan fingerprint density at radius 3 is 2.42 bits per heavy atom. The third-order valence-electron chi connectivity index (χ3n) is 3.91. The van der Waals surface area contributed by atoms with Crippen LogP contribution >= 0.6 is 11.6 Å². The molecule has 12 heteroatoms. The molecule has 3 N–H and O–H groups in total. The van der Waals surface area contributed by atoms with E-state index in [2.05, 4.69) is 25.9 Å². The van der Waals surface area contributed by atoms with E-state index in [0.717, 1.165) is 11.4 Å². The molecule has 0 unspecified atom stereocenters. The Bertz CT molecular complexity index is 1080. The van der Waals surface area contributed by atoms with E-state index in [1.165, 1.54) is 19.4 Å². The van der Waals surface area contributed by atoms with Gasteiger partial charge in [-0.1, -0.05) is 17.7 Å². The summed E-state index contributed by atoms with van der Waals surface area (Å²) >= 11 is 5.49. The number of hydrogen-bond donors (Lipinski definition) is 3. The monoisotopic (exact) mass is 467 g/mol. The van der Waals surface area contributed by atoms with Crippen molar-refractivity contribution in [3.05, 3.63) is 53.4 Å². The van der Waals surface area contributed by atoms with Crippen molar-refractivity contribution in [1.82, 2.24) is 9.97 Å². The van der Waals surface area contributed by atoms with Crippen LogP contribution in [0, 0.1) is 5.82 Å². The molecule has 31 heavy (non-hydrogen) atoms. The molecule has 0 aliphatic carbocycles. The average Bonchev–Trinajstić information content (AvgIpc) is 2.77. The van der Waals surface area contributed by atoms with Crippen LogP contribution in [0.15, 0.2) is 42.6 Å². The first-order valence-corrected chi connectivity index (χ1v) is 9.68. The number of anilines is 5. The zero-order valence-electron chi connectivity index (χ0n) is 16.7. The topological polar surface area (TPSA) is 114 Å². The van der Waals surface area contributed by atoms with Gasteiger partial charge in [-0.05, 0) is 24.3 Å². The third-order valence-corrected chi connectivity index (χ3v) is 4.19. The summed E-state index contributed by atoms with van der Waals surface area (Å²) in [4.78, 5) is 8.53. The van der Waals surface area contributed by atoms with Crippen LogP contribution in [0.2, 0.25) is 5.02 Å². The molecule has 0 saturated heterocycles. The van der Waals surface area contributed by atoms with Gasteiger partial charge in [0.2, 0.25) is 5.95 Å². The fourth-order valence-electron chi connectivity index (χ4n) is 2.54. The average molecular weight is 468 g/mol. The lowest BCUT2D eigenvalue weighted by Gasteiger charge is -2.15. The van der Waals surface area contributed by atoms with Crippen LogP contribution < -0.4 is 25.4 Å². The molecule has 0 saturated carbocycles. The zero-order chi connectivity index (χ0) is 22.8. The summed E-state index contributed by atoms with van der Waals surface area (Å²) in [7, 11) is 4.79. The summed E-state index contributed by atoms with van der Waals surface area (Å²) in [5.74, 6) is 0.913. The molecule has 0 aliphatic rings. The maximum Gasteiger partial charge on any atom is 0.335 e. The number of halogens is 2. The van der Waals surface area contributed by atoms with Crippen LogP contribution in [0.25, 0.3) is 0 Å². The lowest BCUT2D eigenvalue weighted by Crippen LogP contribution is -2.04. The Kier molecular flexibility index (Phi) is 8.97. The number of hydrogen-bond acceptors (Lipinski definition) is 9. The van der Waals surface area contributed by atoms with Gasteiger partial charge in [-0.25, -0.2) is 9.37 Å². The van der Waals surface area contributed by atoms with Gasteiger partial charge in [0.1, 0.15) is 10.8 Å². The van der Waals surface area contributed by atoms with E-state index in [0.29, 0.717) is 22.3 Å². The van der Waals surface area contributed by atoms with E-state index in [4.69, 9.17) is 29.5 Å². The number of nitrogens with one attached hydrogen (secondary N) is 3. The summed E-state index contributed by atoms with van der Waals surface area (Å²) in [6, 6.07) is 10.0. The molecule has 2 aromatic carbocycles. The van der Waals surface area contributed by atoms with Gasteiger partial charge < -0.3 is 25.4 Å². The summed E-state index contributed by atoms with van der Waals surface area (Å²) < 4.78 is 40.8. The number of nitrogens with zero attached hydrogens (tertiary/aromatic N) is 2. The quantitative estimate of drug-likeness (QED) is 0.471. The molecule has 1 aromatic heterocycles. The first-order chi connectivity index (χ1) is 15.0. The molecule has 0 spiro atoms. The van der Waals surface area contributed by atoms with Crippen LogP contribution in [-0.4, -0.2) is 39.7 Å². The Morgan fingerprint density at radius 2 is 1.77 bits per heavy atom. The minimum Gasteiger partial charge on any atom is -0.497 e. The van der Waals surface area contributed by atoms with Gasteiger partial charge in [0.25, 0.3) is 0 Å². The van der Waals surface area contributed by atoms with Crippen LogP contribution in [0.3, 0.4) is 0 Å². The smallest absolute Gasteiger partial charge is 0.335 e. The normalized spacial score (nSPS) is 9.71. The number of rotatable bonds is 7. The number of methoxy groups -OCH3 is 2. The van der Waals surface area contributed by atoms with Crippen molar-refractivity contribution >= 4 is 52.0 Å². The molecular formula is C19H19ClFN5O4S. The number of benzene rings is 2. The number of ether oxygens (including phenoxy) is 2. The number of para-hydroxylation sites is 1. The van der Waals surface area contributed by atoms with Gasteiger partial charge in [0.05, 0.1) is 37.5 Å². The highest BCUT2D eigenvalue weighted by Gasteiger charge is 2.13. The Hall–Kier alpha value is -3.44. The predicted octanol–water partition coefficient (Wildman–Crippen LogP) is 4.15. The molecule has 0 aliphatic heterocycles. The Labute approximate surface area is 186 Å². The fraction of sp³-hybridized carbons (Fsp3) is 0.158. The molecular weight excluding hydrogens is 449 g/mol. The van der Waals surface area contributed by atoms with Crippen LogP contribution in [0.1, 0.15) is 0 Å². The maximum absolute atomic E-state index is 13.9. The molecule has 3 rings (SSSR count). The predicted molar refractivity (Wildman–Crippen MR) is 118 cm³/mol. The standard InChI is InChI=1S/C19H19ClFN5O2.O2S/c1-22-16-9-11(27-2)7-8-14(16)24-18-12(20)10-23-19(26-18)25-15-6-4-5-13(21)17(15)28-3;1-3-2/h4-10,22H,1-3H3,(H2,23,24,25,26);. The van der Waals surface area contributed by atoms with Crippen molar-refractivity contribution in [3.63, 3.8) is 0 Å².